The molecule has 0 N–H and O–H groups in total. The second kappa shape index (κ2) is 4.62. The lowest BCUT2D eigenvalue weighted by molar-refractivity contribution is 0.292. The van der Waals surface area contributed by atoms with Gasteiger partial charge < -0.3 is 4.43 Å². The molecule has 1 nitrogen and oxygen atoms in total. The van der Waals surface area contributed by atoms with Gasteiger partial charge in [-0.15, -0.1) is 11.1 Å². The molecule has 44 valence electrons. The summed E-state index contributed by atoms with van der Waals surface area (Å²) in [7, 11) is -0.657. The largest absolute Gasteiger partial charge is 0.408 e. The number of hydrogen-bond donors (Lipinski definition) is 0. The molecule has 0 aliphatic heterocycles. The van der Waals surface area contributed by atoms with E-state index in [-0.39, 0.29) is 0 Å². The van der Waals surface area contributed by atoms with Crippen molar-refractivity contribution < 1.29 is 4.43 Å². The van der Waals surface area contributed by atoms with Crippen LogP contribution in [-0.2, 0) is 4.43 Å². The van der Waals surface area contributed by atoms with Crippen molar-refractivity contribution in [2.45, 2.75) is 13.8 Å². The molecule has 0 rings (SSSR count). The van der Waals surface area contributed by atoms with E-state index in [2.05, 4.69) is 13.8 Å². The molecule has 0 bridgehead atoms. The van der Waals surface area contributed by atoms with Crippen molar-refractivity contribution in [2.24, 2.45) is 5.92 Å². The second-order valence-corrected chi connectivity index (χ2v) is 3.15. The van der Waals surface area contributed by atoms with Gasteiger partial charge in [-0.2, -0.15) is 0 Å². The molecule has 7 heavy (non-hydrogen) atoms. The van der Waals surface area contributed by atoms with Gasteiger partial charge in [0, 0.05) is 6.61 Å². The van der Waals surface area contributed by atoms with Crippen LogP contribution in [0.5, 0.6) is 0 Å². The SMILES string of the molecule is CC(C)CO[SiH2]Cl. The van der Waals surface area contributed by atoms with Gasteiger partial charge in [-0.25, -0.2) is 0 Å². The zero-order chi connectivity index (χ0) is 5.70. The molecule has 0 saturated heterocycles. The fraction of sp³-hybridized carbons (Fsp3) is 1.00. The van der Waals surface area contributed by atoms with Gasteiger partial charge in [-0.3, -0.25) is 0 Å². The van der Waals surface area contributed by atoms with Crippen LogP contribution in [0.25, 0.3) is 0 Å². The molecular formula is C4H11ClOSi. The standard InChI is InChI=1S/C4H11ClOSi/c1-4(2)3-6-7-5/h4H,3,7H2,1-2H3. The summed E-state index contributed by atoms with van der Waals surface area (Å²) in [6.45, 7) is 5.05. The van der Waals surface area contributed by atoms with Crippen LogP contribution in [-0.4, -0.2) is 15.7 Å². The third-order valence-corrected chi connectivity index (χ3v) is 1.38. The predicted molar refractivity (Wildman–Crippen MR) is 35.2 cm³/mol. The predicted octanol–water partition coefficient (Wildman–Crippen LogP) is 0.897. The van der Waals surface area contributed by atoms with Gasteiger partial charge in [0.25, 0.3) is 9.07 Å². The van der Waals surface area contributed by atoms with Crippen LogP contribution in [0.1, 0.15) is 13.8 Å². The van der Waals surface area contributed by atoms with Gasteiger partial charge >= 0.3 is 0 Å². The highest BCUT2D eigenvalue weighted by Crippen LogP contribution is 1.90. The lowest BCUT2D eigenvalue weighted by Gasteiger charge is -2.00. The Bertz CT molecular complexity index is 40.7. The fourth-order valence-corrected chi connectivity index (χ4v) is 1.11. The van der Waals surface area contributed by atoms with E-state index < -0.39 is 9.07 Å². The topological polar surface area (TPSA) is 9.23 Å². The number of rotatable bonds is 3. The molecule has 0 aliphatic rings. The molecule has 0 aromatic rings. The highest BCUT2D eigenvalue weighted by molar-refractivity contribution is 6.89. The van der Waals surface area contributed by atoms with Crippen molar-refractivity contribution in [3.63, 3.8) is 0 Å². The molecular weight excluding hydrogens is 128 g/mol. The normalized spacial score (nSPS) is 12.0. The summed E-state index contributed by atoms with van der Waals surface area (Å²) in [5.74, 6) is 0.631. The molecule has 0 amide bonds. The average Bonchev–Trinajstić information content (AvgIpc) is 1.61. The van der Waals surface area contributed by atoms with E-state index in [1.165, 1.54) is 0 Å². The third kappa shape index (κ3) is 6.47. The van der Waals surface area contributed by atoms with E-state index in [0.29, 0.717) is 5.92 Å². The first-order valence-electron chi connectivity index (χ1n) is 2.41. The summed E-state index contributed by atoms with van der Waals surface area (Å²) in [4.78, 5) is 0. The third-order valence-electron chi connectivity index (χ3n) is 0.528. The summed E-state index contributed by atoms with van der Waals surface area (Å²) >= 11 is 5.36. The van der Waals surface area contributed by atoms with Crippen molar-refractivity contribution in [2.75, 3.05) is 6.61 Å². The van der Waals surface area contributed by atoms with Crippen LogP contribution in [0, 0.1) is 5.92 Å². The van der Waals surface area contributed by atoms with Gasteiger partial charge in [0.05, 0.1) is 0 Å². The van der Waals surface area contributed by atoms with Gasteiger partial charge in [0.1, 0.15) is 0 Å². The molecule has 0 spiro atoms. The molecule has 0 heterocycles. The summed E-state index contributed by atoms with van der Waals surface area (Å²) in [6, 6.07) is 0. The maximum absolute atomic E-state index is 5.36. The minimum Gasteiger partial charge on any atom is -0.408 e. The van der Waals surface area contributed by atoms with Crippen molar-refractivity contribution in [3.8, 4) is 0 Å². The molecule has 3 heteroatoms. The Morgan fingerprint density at radius 1 is 1.71 bits per heavy atom. The Morgan fingerprint density at radius 3 is 2.43 bits per heavy atom. The molecule has 0 aromatic carbocycles. The zero-order valence-electron chi connectivity index (χ0n) is 4.78. The van der Waals surface area contributed by atoms with Crippen LogP contribution in [0.4, 0.5) is 0 Å². The van der Waals surface area contributed by atoms with Gasteiger partial charge in [-0.05, 0) is 5.92 Å². The Labute approximate surface area is 51.7 Å². The van der Waals surface area contributed by atoms with Gasteiger partial charge in [0.2, 0.25) is 0 Å². The van der Waals surface area contributed by atoms with E-state index in [1.807, 2.05) is 0 Å². The minimum atomic E-state index is -0.657. The Morgan fingerprint density at radius 2 is 2.29 bits per heavy atom. The maximum atomic E-state index is 5.36. The molecule has 0 atom stereocenters. The fourth-order valence-electron chi connectivity index (χ4n) is 0.280. The first-order chi connectivity index (χ1) is 3.27. The van der Waals surface area contributed by atoms with E-state index >= 15 is 0 Å². The quantitative estimate of drug-likeness (QED) is 0.416. The first kappa shape index (κ1) is 7.47. The second-order valence-electron chi connectivity index (χ2n) is 1.87. The van der Waals surface area contributed by atoms with Crippen LogP contribution in [0.2, 0.25) is 0 Å². The van der Waals surface area contributed by atoms with Gasteiger partial charge in [0.15, 0.2) is 0 Å². The molecule has 0 aromatic heterocycles. The van der Waals surface area contributed by atoms with Crippen molar-refractivity contribution in [1.82, 2.24) is 0 Å². The van der Waals surface area contributed by atoms with Crippen molar-refractivity contribution in [3.05, 3.63) is 0 Å². The monoisotopic (exact) mass is 138 g/mol. The molecule has 0 aliphatic carbocycles. The maximum Gasteiger partial charge on any atom is 0.258 e. The summed E-state index contributed by atoms with van der Waals surface area (Å²) < 4.78 is 5.00. The highest BCUT2D eigenvalue weighted by Gasteiger charge is 1.89. The first-order valence-corrected chi connectivity index (χ1v) is 5.12. The molecule has 0 unspecified atom stereocenters. The molecule has 0 radical (unpaired) electrons. The Hall–Kier alpha value is 0.467. The van der Waals surface area contributed by atoms with Crippen molar-refractivity contribution >= 4 is 20.2 Å². The summed E-state index contributed by atoms with van der Waals surface area (Å²) in [6.07, 6.45) is 0. The lowest BCUT2D eigenvalue weighted by Crippen LogP contribution is -2.01. The van der Waals surface area contributed by atoms with Crippen LogP contribution >= 0.6 is 11.1 Å². The number of hydrogen-bond acceptors (Lipinski definition) is 1. The van der Waals surface area contributed by atoms with Crippen molar-refractivity contribution in [1.29, 1.82) is 0 Å². The molecule has 0 fully saturated rings. The minimum absolute atomic E-state index is 0.631. The zero-order valence-corrected chi connectivity index (χ0v) is 6.95. The van der Waals surface area contributed by atoms with Crippen LogP contribution < -0.4 is 0 Å². The summed E-state index contributed by atoms with van der Waals surface area (Å²) in [5, 5.41) is 0. The van der Waals surface area contributed by atoms with E-state index in [4.69, 9.17) is 15.5 Å². The van der Waals surface area contributed by atoms with Crippen LogP contribution in [0.15, 0.2) is 0 Å². The van der Waals surface area contributed by atoms with E-state index in [9.17, 15) is 0 Å². The lowest BCUT2D eigenvalue weighted by atomic mass is 10.2. The summed E-state index contributed by atoms with van der Waals surface area (Å²) in [5.41, 5.74) is 0. The van der Waals surface area contributed by atoms with E-state index in [1.54, 1.807) is 0 Å². The smallest absolute Gasteiger partial charge is 0.258 e. The average molecular weight is 139 g/mol. The highest BCUT2D eigenvalue weighted by atomic mass is 35.6. The Balaban J connectivity index is 2.68. The molecule has 0 saturated carbocycles. The van der Waals surface area contributed by atoms with Gasteiger partial charge in [-0.1, -0.05) is 13.8 Å². The van der Waals surface area contributed by atoms with Crippen LogP contribution in [0.3, 0.4) is 0 Å². The Kier molecular flexibility index (Phi) is 4.93. The number of halogens is 1. The van der Waals surface area contributed by atoms with E-state index in [0.717, 1.165) is 6.61 Å².